The molecule has 114 valence electrons. The lowest BCUT2D eigenvalue weighted by atomic mass is 9.82. The minimum absolute atomic E-state index is 0. The smallest absolute Gasteiger partial charge is 0.240 e. The van der Waals surface area contributed by atoms with Crippen LogP contribution in [0.3, 0.4) is 0 Å². The predicted octanol–water partition coefficient (Wildman–Crippen LogP) is 2.25. The van der Waals surface area contributed by atoms with Crippen molar-refractivity contribution in [2.75, 3.05) is 19.8 Å². The summed E-state index contributed by atoms with van der Waals surface area (Å²) in [5.41, 5.74) is 5.50. The second-order valence-corrected chi connectivity index (χ2v) is 5.77. The quantitative estimate of drug-likeness (QED) is 0.707. The minimum Gasteiger partial charge on any atom is -0.380 e. The fraction of sp³-hybridized carbons (Fsp3) is 0.929. The molecule has 0 atom stereocenters. The van der Waals surface area contributed by atoms with E-state index in [0.717, 1.165) is 38.7 Å². The van der Waals surface area contributed by atoms with Crippen LogP contribution in [-0.2, 0) is 9.53 Å². The summed E-state index contributed by atoms with van der Waals surface area (Å²) in [4.78, 5) is 12.0. The molecule has 1 fully saturated rings. The van der Waals surface area contributed by atoms with Gasteiger partial charge >= 0.3 is 0 Å². The van der Waals surface area contributed by atoms with E-state index in [1.54, 1.807) is 0 Å². The van der Waals surface area contributed by atoms with Crippen molar-refractivity contribution in [3.8, 4) is 0 Å². The Morgan fingerprint density at radius 3 is 2.47 bits per heavy atom. The molecule has 1 amide bonds. The summed E-state index contributed by atoms with van der Waals surface area (Å²) >= 11 is 0. The fourth-order valence-electron chi connectivity index (χ4n) is 2.24. The van der Waals surface area contributed by atoms with Crippen molar-refractivity contribution >= 4 is 18.3 Å². The predicted molar refractivity (Wildman–Crippen MR) is 80.5 cm³/mol. The average molecular weight is 293 g/mol. The van der Waals surface area contributed by atoms with Crippen molar-refractivity contribution in [2.45, 2.75) is 57.9 Å². The molecular formula is C14H29ClN2O2. The number of nitrogens with two attached hydrogens (primary N) is 1. The van der Waals surface area contributed by atoms with E-state index in [-0.39, 0.29) is 18.3 Å². The van der Waals surface area contributed by atoms with E-state index in [1.165, 1.54) is 6.42 Å². The first-order valence-corrected chi connectivity index (χ1v) is 7.19. The van der Waals surface area contributed by atoms with Crippen LogP contribution in [-0.4, -0.2) is 31.2 Å². The van der Waals surface area contributed by atoms with Crippen LogP contribution in [0.5, 0.6) is 0 Å². The Hall–Kier alpha value is -0.320. The number of carbonyl (C=O) groups excluding carboxylic acids is 1. The Labute approximate surface area is 123 Å². The Balaban J connectivity index is 0.00000324. The maximum absolute atomic E-state index is 12.0. The molecule has 1 aliphatic carbocycles. The largest absolute Gasteiger partial charge is 0.380 e. The third-order valence-corrected chi connectivity index (χ3v) is 3.57. The fourth-order valence-corrected chi connectivity index (χ4v) is 2.24. The minimum atomic E-state index is -0.629. The van der Waals surface area contributed by atoms with Gasteiger partial charge in [0.25, 0.3) is 0 Å². The van der Waals surface area contributed by atoms with Crippen molar-refractivity contribution in [3.05, 3.63) is 0 Å². The normalized spacial score (nSPS) is 17.9. The zero-order valence-electron chi connectivity index (χ0n) is 12.2. The average Bonchev–Trinajstić information content (AvgIpc) is 2.34. The van der Waals surface area contributed by atoms with Crippen LogP contribution in [0, 0.1) is 5.92 Å². The van der Waals surface area contributed by atoms with Crippen LogP contribution < -0.4 is 11.1 Å². The van der Waals surface area contributed by atoms with Crippen LogP contribution >= 0.6 is 12.4 Å². The van der Waals surface area contributed by atoms with Crippen molar-refractivity contribution in [3.63, 3.8) is 0 Å². The zero-order valence-corrected chi connectivity index (χ0v) is 13.1. The number of hydrogen-bond donors (Lipinski definition) is 2. The summed E-state index contributed by atoms with van der Waals surface area (Å²) in [7, 11) is 0. The van der Waals surface area contributed by atoms with E-state index in [0.29, 0.717) is 19.1 Å². The van der Waals surface area contributed by atoms with Gasteiger partial charge in [0.1, 0.15) is 0 Å². The summed E-state index contributed by atoms with van der Waals surface area (Å²) in [6, 6.07) is 0. The van der Waals surface area contributed by atoms with Gasteiger partial charge in [0.2, 0.25) is 5.91 Å². The molecule has 0 radical (unpaired) electrons. The molecule has 0 aliphatic heterocycles. The Bertz CT molecular complexity index is 254. The van der Waals surface area contributed by atoms with Gasteiger partial charge in [-0.2, -0.15) is 0 Å². The molecule has 0 aromatic carbocycles. The van der Waals surface area contributed by atoms with E-state index < -0.39 is 5.54 Å². The Morgan fingerprint density at radius 2 is 1.89 bits per heavy atom. The number of ether oxygens (including phenoxy) is 1. The molecule has 4 nitrogen and oxygen atoms in total. The van der Waals surface area contributed by atoms with Crippen molar-refractivity contribution in [1.29, 1.82) is 0 Å². The summed E-state index contributed by atoms with van der Waals surface area (Å²) in [6.45, 7) is 6.25. The van der Waals surface area contributed by atoms with Gasteiger partial charge in [0.05, 0.1) is 12.1 Å². The maximum atomic E-state index is 12.0. The van der Waals surface area contributed by atoms with E-state index in [9.17, 15) is 4.79 Å². The van der Waals surface area contributed by atoms with E-state index in [2.05, 4.69) is 19.2 Å². The van der Waals surface area contributed by atoms with Crippen molar-refractivity contribution in [1.82, 2.24) is 5.32 Å². The van der Waals surface area contributed by atoms with Gasteiger partial charge in [-0.05, 0) is 25.2 Å². The molecule has 0 saturated heterocycles. The van der Waals surface area contributed by atoms with Crippen LogP contribution in [0.4, 0.5) is 0 Å². The number of nitrogens with one attached hydrogen (secondary N) is 1. The summed E-state index contributed by atoms with van der Waals surface area (Å²) in [5.74, 6) is 0.656. The molecule has 19 heavy (non-hydrogen) atoms. The summed E-state index contributed by atoms with van der Waals surface area (Å²) in [6.07, 6.45) is 6.02. The molecule has 0 heterocycles. The number of hydrogen-bond acceptors (Lipinski definition) is 3. The van der Waals surface area contributed by atoms with Gasteiger partial charge in [-0.3, -0.25) is 4.79 Å². The first-order valence-electron chi connectivity index (χ1n) is 7.19. The molecule has 0 aromatic heterocycles. The molecule has 0 unspecified atom stereocenters. The number of carbonyl (C=O) groups is 1. The highest BCUT2D eigenvalue weighted by Crippen LogP contribution is 2.25. The zero-order chi connectivity index (χ0) is 13.4. The molecule has 1 aliphatic rings. The lowest BCUT2D eigenvalue weighted by Gasteiger charge is -2.31. The van der Waals surface area contributed by atoms with Crippen LogP contribution in [0.2, 0.25) is 0 Å². The Morgan fingerprint density at radius 1 is 1.26 bits per heavy atom. The van der Waals surface area contributed by atoms with Crippen LogP contribution in [0.1, 0.15) is 52.4 Å². The molecule has 1 saturated carbocycles. The van der Waals surface area contributed by atoms with Gasteiger partial charge < -0.3 is 15.8 Å². The summed E-state index contributed by atoms with van der Waals surface area (Å²) < 4.78 is 5.46. The van der Waals surface area contributed by atoms with Crippen molar-refractivity contribution < 1.29 is 9.53 Å². The van der Waals surface area contributed by atoms with Gasteiger partial charge in [0.15, 0.2) is 0 Å². The highest BCUT2D eigenvalue weighted by molar-refractivity contribution is 5.86. The SMILES string of the molecule is CC(C)CCOCCNC(=O)C1(N)CCCCC1.Cl. The number of halogens is 1. The molecule has 1 rings (SSSR count). The molecule has 0 aromatic rings. The summed E-state index contributed by atoms with van der Waals surface area (Å²) in [5, 5.41) is 2.89. The third kappa shape index (κ3) is 7.14. The third-order valence-electron chi connectivity index (χ3n) is 3.57. The van der Waals surface area contributed by atoms with E-state index >= 15 is 0 Å². The second-order valence-electron chi connectivity index (χ2n) is 5.77. The molecular weight excluding hydrogens is 264 g/mol. The van der Waals surface area contributed by atoms with Gasteiger partial charge in [-0.15, -0.1) is 12.4 Å². The topological polar surface area (TPSA) is 64.3 Å². The monoisotopic (exact) mass is 292 g/mol. The standard InChI is InChI=1S/C14H28N2O2.ClH/c1-12(2)6-10-18-11-9-16-13(17)14(15)7-4-3-5-8-14;/h12H,3-11,15H2,1-2H3,(H,16,17);1H. The van der Waals surface area contributed by atoms with Crippen molar-refractivity contribution in [2.24, 2.45) is 11.7 Å². The van der Waals surface area contributed by atoms with Gasteiger partial charge in [-0.25, -0.2) is 0 Å². The van der Waals surface area contributed by atoms with Crippen LogP contribution in [0.25, 0.3) is 0 Å². The van der Waals surface area contributed by atoms with Gasteiger partial charge in [0, 0.05) is 13.2 Å². The van der Waals surface area contributed by atoms with E-state index in [4.69, 9.17) is 10.5 Å². The maximum Gasteiger partial charge on any atom is 0.240 e. The highest BCUT2D eigenvalue weighted by Gasteiger charge is 2.34. The lowest BCUT2D eigenvalue weighted by Crippen LogP contribution is -2.55. The molecule has 0 bridgehead atoms. The first kappa shape index (κ1) is 18.7. The molecule has 3 N–H and O–H groups in total. The highest BCUT2D eigenvalue weighted by atomic mass is 35.5. The number of amides is 1. The molecule has 0 spiro atoms. The number of rotatable bonds is 7. The van der Waals surface area contributed by atoms with E-state index in [1.807, 2.05) is 0 Å². The Kier molecular flexibility index (Phi) is 9.40. The first-order chi connectivity index (χ1) is 8.54. The lowest BCUT2D eigenvalue weighted by molar-refractivity contribution is -0.127. The molecule has 5 heteroatoms. The second kappa shape index (κ2) is 9.56. The van der Waals surface area contributed by atoms with Crippen LogP contribution in [0.15, 0.2) is 0 Å². The van der Waals surface area contributed by atoms with Gasteiger partial charge in [-0.1, -0.05) is 33.1 Å².